The summed E-state index contributed by atoms with van der Waals surface area (Å²) < 4.78 is 1.63. The molecule has 1 rings (SSSR count). The maximum Gasteiger partial charge on any atom is 0.274 e. The van der Waals surface area contributed by atoms with Gasteiger partial charge in [0.15, 0.2) is 0 Å². The molecule has 1 aromatic rings. The van der Waals surface area contributed by atoms with Crippen LogP contribution < -0.4 is 5.73 Å². The number of hydrogen-bond acceptors (Lipinski definition) is 3. The minimum atomic E-state index is -0.0240. The van der Waals surface area contributed by atoms with Crippen molar-refractivity contribution in [2.75, 3.05) is 13.1 Å². The molecule has 0 aliphatic heterocycles. The summed E-state index contributed by atoms with van der Waals surface area (Å²) >= 11 is 0. The number of aromatic nitrogens is 2. The van der Waals surface area contributed by atoms with Crippen LogP contribution in [0.5, 0.6) is 0 Å². The minimum absolute atomic E-state index is 0.0240. The van der Waals surface area contributed by atoms with Gasteiger partial charge in [-0.1, -0.05) is 0 Å². The van der Waals surface area contributed by atoms with Crippen LogP contribution >= 0.6 is 0 Å². The molecule has 1 heterocycles. The lowest BCUT2D eigenvalue weighted by Crippen LogP contribution is -2.38. The molecule has 0 fully saturated rings. The molecule has 0 saturated heterocycles. The van der Waals surface area contributed by atoms with Crippen molar-refractivity contribution >= 4 is 5.91 Å². The van der Waals surface area contributed by atoms with Gasteiger partial charge < -0.3 is 10.6 Å². The molecule has 0 spiro atoms. The maximum atomic E-state index is 12.1. The first-order chi connectivity index (χ1) is 7.56. The first-order valence-electron chi connectivity index (χ1n) is 5.57. The highest BCUT2D eigenvalue weighted by Gasteiger charge is 2.19. The molecule has 0 bridgehead atoms. The Morgan fingerprint density at radius 3 is 2.75 bits per heavy atom. The van der Waals surface area contributed by atoms with E-state index in [0.29, 0.717) is 18.8 Å². The van der Waals surface area contributed by atoms with Crippen LogP contribution in [0.1, 0.15) is 30.8 Å². The fraction of sp³-hybridized carbons (Fsp3) is 0.636. The van der Waals surface area contributed by atoms with Crippen molar-refractivity contribution in [3.63, 3.8) is 0 Å². The van der Waals surface area contributed by atoms with Gasteiger partial charge in [-0.3, -0.25) is 9.48 Å². The average Bonchev–Trinajstić information content (AvgIpc) is 2.64. The predicted octanol–water partition coefficient (Wildman–Crippen LogP) is 0.619. The second-order valence-corrected chi connectivity index (χ2v) is 4.11. The zero-order valence-corrected chi connectivity index (χ0v) is 10.2. The number of nitrogens with two attached hydrogens (primary N) is 1. The number of nitrogens with zero attached hydrogens (tertiary/aromatic N) is 3. The van der Waals surface area contributed by atoms with Crippen LogP contribution in [0.15, 0.2) is 12.3 Å². The van der Waals surface area contributed by atoms with Gasteiger partial charge in [-0.15, -0.1) is 0 Å². The minimum Gasteiger partial charge on any atom is -0.335 e. The van der Waals surface area contributed by atoms with Crippen LogP contribution in [-0.2, 0) is 7.05 Å². The summed E-state index contributed by atoms with van der Waals surface area (Å²) in [5.41, 5.74) is 5.96. The van der Waals surface area contributed by atoms with Crippen molar-refractivity contribution in [2.45, 2.75) is 26.3 Å². The Morgan fingerprint density at radius 1 is 1.62 bits per heavy atom. The summed E-state index contributed by atoms with van der Waals surface area (Å²) in [6.45, 7) is 5.27. The number of rotatable bonds is 5. The summed E-state index contributed by atoms with van der Waals surface area (Å²) in [5.74, 6) is -0.0240. The van der Waals surface area contributed by atoms with Gasteiger partial charge in [0.25, 0.3) is 5.91 Å². The number of carbonyl (C=O) groups is 1. The molecule has 0 aliphatic rings. The number of aryl methyl sites for hydroxylation is 1. The van der Waals surface area contributed by atoms with Gasteiger partial charge in [0.05, 0.1) is 0 Å². The first-order valence-corrected chi connectivity index (χ1v) is 5.57. The summed E-state index contributed by atoms with van der Waals surface area (Å²) in [6, 6.07) is 1.90. The van der Waals surface area contributed by atoms with Gasteiger partial charge in [0.2, 0.25) is 0 Å². The molecule has 16 heavy (non-hydrogen) atoms. The molecular formula is C11H20N4O. The fourth-order valence-corrected chi connectivity index (χ4v) is 1.53. The second-order valence-electron chi connectivity index (χ2n) is 4.11. The van der Waals surface area contributed by atoms with Crippen LogP contribution in [0.4, 0.5) is 0 Å². The number of hydrogen-bond donors (Lipinski definition) is 1. The van der Waals surface area contributed by atoms with Crippen molar-refractivity contribution in [3.8, 4) is 0 Å². The largest absolute Gasteiger partial charge is 0.335 e. The maximum absolute atomic E-state index is 12.1. The zero-order chi connectivity index (χ0) is 12.1. The highest BCUT2D eigenvalue weighted by molar-refractivity contribution is 5.92. The van der Waals surface area contributed by atoms with Crippen molar-refractivity contribution in [3.05, 3.63) is 18.0 Å². The highest BCUT2D eigenvalue weighted by atomic mass is 16.2. The van der Waals surface area contributed by atoms with Gasteiger partial charge in [-0.25, -0.2) is 0 Å². The molecule has 0 aromatic carbocycles. The Kier molecular flexibility index (Phi) is 4.49. The van der Waals surface area contributed by atoms with E-state index >= 15 is 0 Å². The molecule has 5 heteroatoms. The molecule has 5 nitrogen and oxygen atoms in total. The van der Waals surface area contributed by atoms with E-state index in [-0.39, 0.29) is 11.9 Å². The predicted molar refractivity (Wildman–Crippen MR) is 63.1 cm³/mol. The molecular weight excluding hydrogens is 204 g/mol. The zero-order valence-electron chi connectivity index (χ0n) is 10.2. The highest BCUT2D eigenvalue weighted by Crippen LogP contribution is 2.07. The molecule has 90 valence electrons. The smallest absolute Gasteiger partial charge is 0.274 e. The lowest BCUT2D eigenvalue weighted by atomic mass is 10.2. The van der Waals surface area contributed by atoms with E-state index in [2.05, 4.69) is 5.10 Å². The van der Waals surface area contributed by atoms with Gasteiger partial charge >= 0.3 is 0 Å². The van der Waals surface area contributed by atoms with Gasteiger partial charge in [-0.05, 0) is 32.9 Å². The number of carbonyl (C=O) groups excluding carboxylic acids is 1. The van der Waals surface area contributed by atoms with E-state index in [1.165, 1.54) is 0 Å². The number of amides is 1. The molecule has 0 unspecified atom stereocenters. The SMILES string of the molecule is CC(C)N(CCCN)C(=O)c1ccn(C)n1. The van der Waals surface area contributed by atoms with Gasteiger partial charge in [0.1, 0.15) is 5.69 Å². The lowest BCUT2D eigenvalue weighted by molar-refractivity contribution is 0.0698. The Bertz CT molecular complexity index is 346. The van der Waals surface area contributed by atoms with E-state index in [1.54, 1.807) is 28.9 Å². The molecule has 0 atom stereocenters. The molecule has 1 aromatic heterocycles. The fourth-order valence-electron chi connectivity index (χ4n) is 1.53. The average molecular weight is 224 g/mol. The van der Waals surface area contributed by atoms with E-state index in [0.717, 1.165) is 6.42 Å². The Hall–Kier alpha value is -1.36. The third kappa shape index (κ3) is 3.06. The quantitative estimate of drug-likeness (QED) is 0.797. The molecule has 1 amide bonds. The normalized spacial score (nSPS) is 10.8. The van der Waals surface area contributed by atoms with Crippen molar-refractivity contribution < 1.29 is 4.79 Å². The van der Waals surface area contributed by atoms with Crippen molar-refractivity contribution in [2.24, 2.45) is 12.8 Å². The van der Waals surface area contributed by atoms with Crippen LogP contribution in [0.2, 0.25) is 0 Å². The third-order valence-electron chi connectivity index (χ3n) is 2.42. The third-order valence-corrected chi connectivity index (χ3v) is 2.42. The van der Waals surface area contributed by atoms with E-state index in [4.69, 9.17) is 5.73 Å². The van der Waals surface area contributed by atoms with Crippen LogP contribution in [0, 0.1) is 0 Å². The Labute approximate surface area is 96.2 Å². The topological polar surface area (TPSA) is 64.2 Å². The molecule has 0 aliphatic carbocycles. The summed E-state index contributed by atoms with van der Waals surface area (Å²) in [6.07, 6.45) is 2.59. The van der Waals surface area contributed by atoms with E-state index in [1.807, 2.05) is 13.8 Å². The standard InChI is InChI=1S/C11H20N4O/c1-9(2)15(7-4-6-12)11(16)10-5-8-14(3)13-10/h5,8-9H,4,6-7,12H2,1-3H3. The molecule has 0 saturated carbocycles. The summed E-state index contributed by atoms with van der Waals surface area (Å²) in [5, 5.41) is 4.12. The van der Waals surface area contributed by atoms with Crippen LogP contribution in [0.25, 0.3) is 0 Å². The monoisotopic (exact) mass is 224 g/mol. The molecule has 0 radical (unpaired) electrons. The second kappa shape index (κ2) is 5.65. The van der Waals surface area contributed by atoms with Gasteiger partial charge in [-0.2, -0.15) is 5.10 Å². The first kappa shape index (κ1) is 12.7. The van der Waals surface area contributed by atoms with Crippen LogP contribution in [-0.4, -0.2) is 39.7 Å². The Balaban J connectivity index is 2.74. The van der Waals surface area contributed by atoms with Crippen LogP contribution in [0.3, 0.4) is 0 Å². The van der Waals surface area contributed by atoms with Crippen molar-refractivity contribution in [1.29, 1.82) is 0 Å². The summed E-state index contributed by atoms with van der Waals surface area (Å²) in [7, 11) is 1.80. The Morgan fingerprint density at radius 2 is 2.31 bits per heavy atom. The summed E-state index contributed by atoms with van der Waals surface area (Å²) in [4.78, 5) is 13.9. The van der Waals surface area contributed by atoms with Crippen molar-refractivity contribution in [1.82, 2.24) is 14.7 Å². The lowest BCUT2D eigenvalue weighted by Gasteiger charge is -2.25. The van der Waals surface area contributed by atoms with E-state index in [9.17, 15) is 4.79 Å². The van der Waals surface area contributed by atoms with Gasteiger partial charge in [0, 0.05) is 25.8 Å². The molecule has 2 N–H and O–H groups in total. The van der Waals surface area contributed by atoms with E-state index < -0.39 is 0 Å².